The lowest BCUT2D eigenvalue weighted by Gasteiger charge is -2.26. The maximum Gasteiger partial charge on any atom is 0.227 e. The van der Waals surface area contributed by atoms with Gasteiger partial charge < -0.3 is 19.8 Å². The number of nitrogens with two attached hydrogens (primary N) is 1. The Labute approximate surface area is 266 Å². The van der Waals surface area contributed by atoms with Crippen molar-refractivity contribution in [2.24, 2.45) is 0 Å². The van der Waals surface area contributed by atoms with Gasteiger partial charge >= 0.3 is 0 Å². The molecule has 6 aromatic carbocycles. The highest BCUT2D eigenvalue weighted by molar-refractivity contribution is 7.99. The summed E-state index contributed by atoms with van der Waals surface area (Å²) in [5.41, 5.74) is 14.7. The predicted molar refractivity (Wildman–Crippen MR) is 185 cm³/mol. The molecule has 0 fully saturated rings. The summed E-state index contributed by atoms with van der Waals surface area (Å²) in [4.78, 5) is 9.36. The van der Waals surface area contributed by atoms with Crippen LogP contribution in [0.3, 0.4) is 0 Å². The van der Waals surface area contributed by atoms with E-state index in [1.807, 2.05) is 54.6 Å². The van der Waals surface area contributed by atoms with Gasteiger partial charge in [0.05, 0.1) is 5.69 Å². The van der Waals surface area contributed by atoms with Crippen molar-refractivity contribution in [2.45, 2.75) is 23.3 Å². The summed E-state index contributed by atoms with van der Waals surface area (Å²) in [6.45, 7) is 2.58. The van der Waals surface area contributed by atoms with Crippen LogP contribution in [-0.2, 0) is 6.61 Å². The monoisotopic (exact) mass is 605 g/mol. The topological polar surface area (TPSA) is 64.5 Å². The van der Waals surface area contributed by atoms with Crippen molar-refractivity contribution in [1.29, 1.82) is 0 Å². The van der Waals surface area contributed by atoms with Crippen LogP contribution in [0.5, 0.6) is 5.75 Å². The summed E-state index contributed by atoms with van der Waals surface area (Å²) in [5.74, 6) is 1.29. The van der Waals surface area contributed by atoms with Gasteiger partial charge in [-0.15, -0.1) is 0 Å². The molecule has 0 aliphatic carbocycles. The average molecular weight is 606 g/mol. The number of benzene rings is 6. The van der Waals surface area contributed by atoms with E-state index < -0.39 is 0 Å². The molecular formula is C39H31N3O2S. The van der Waals surface area contributed by atoms with E-state index in [0.717, 1.165) is 39.3 Å². The minimum atomic E-state index is 0.427. The Kier molecular flexibility index (Phi) is 7.96. The number of para-hydroxylation sites is 4. The lowest BCUT2D eigenvalue weighted by Crippen LogP contribution is -2.10. The van der Waals surface area contributed by atoms with Crippen molar-refractivity contribution >= 4 is 45.6 Å². The smallest absolute Gasteiger partial charge is 0.227 e. The van der Waals surface area contributed by atoms with Crippen molar-refractivity contribution in [2.75, 3.05) is 10.6 Å². The van der Waals surface area contributed by atoms with Crippen molar-refractivity contribution < 1.29 is 9.15 Å². The Morgan fingerprint density at radius 3 is 2.13 bits per heavy atom. The molecule has 6 heteroatoms. The fourth-order valence-electron chi connectivity index (χ4n) is 5.16. The third-order valence-electron chi connectivity index (χ3n) is 7.58. The van der Waals surface area contributed by atoms with E-state index in [0.29, 0.717) is 23.9 Å². The van der Waals surface area contributed by atoms with Gasteiger partial charge in [0, 0.05) is 32.4 Å². The van der Waals surface area contributed by atoms with Crippen LogP contribution in [0.2, 0.25) is 0 Å². The van der Waals surface area contributed by atoms with Gasteiger partial charge in [-0.05, 0) is 103 Å². The summed E-state index contributed by atoms with van der Waals surface area (Å²) in [6.07, 6.45) is 0. The van der Waals surface area contributed by atoms with Gasteiger partial charge in [-0.25, -0.2) is 4.98 Å². The molecule has 0 radical (unpaired) electrons. The first-order chi connectivity index (χ1) is 22.1. The zero-order chi connectivity index (χ0) is 30.6. The van der Waals surface area contributed by atoms with Gasteiger partial charge in [-0.2, -0.15) is 0 Å². The molecule has 0 aliphatic heterocycles. The molecule has 0 amide bonds. The van der Waals surface area contributed by atoms with E-state index in [-0.39, 0.29) is 0 Å². The standard InChI is InChI=1S/C39H31N3O2S/c1-27-15-20-32(25-38(27)45-33-9-3-2-4-10-33)42(30-21-16-28(17-22-30)26-43-36-13-7-5-11-34(36)40)31-23-18-29(19-24-31)39-41-35-12-6-8-14-37(35)44-39/h2-25H,26,40H2,1H3. The zero-order valence-corrected chi connectivity index (χ0v) is 25.6. The van der Waals surface area contributed by atoms with Crippen LogP contribution in [0.1, 0.15) is 11.1 Å². The molecular weight excluding hydrogens is 575 g/mol. The number of oxazole rings is 1. The average Bonchev–Trinajstić information content (AvgIpc) is 3.52. The number of hydrogen-bond donors (Lipinski definition) is 1. The van der Waals surface area contributed by atoms with Crippen molar-refractivity contribution in [3.63, 3.8) is 0 Å². The first kappa shape index (κ1) is 28.3. The summed E-state index contributed by atoms with van der Waals surface area (Å²) < 4.78 is 12.0. The molecule has 0 bridgehead atoms. The van der Waals surface area contributed by atoms with Crippen LogP contribution in [0.15, 0.2) is 160 Å². The molecule has 1 heterocycles. The maximum atomic E-state index is 6.07. The first-order valence-electron chi connectivity index (χ1n) is 14.8. The Morgan fingerprint density at radius 1 is 0.711 bits per heavy atom. The van der Waals surface area contributed by atoms with Gasteiger partial charge in [0.2, 0.25) is 5.89 Å². The third kappa shape index (κ3) is 6.28. The van der Waals surface area contributed by atoms with E-state index in [1.165, 1.54) is 15.4 Å². The predicted octanol–water partition coefficient (Wildman–Crippen LogP) is 10.6. The number of nitrogens with zero attached hydrogens (tertiary/aromatic N) is 2. The number of rotatable bonds is 9. The molecule has 0 saturated carbocycles. The molecule has 220 valence electrons. The molecule has 0 unspecified atom stereocenters. The number of aryl methyl sites for hydroxylation is 1. The SMILES string of the molecule is Cc1ccc(N(c2ccc(COc3ccccc3N)cc2)c2ccc(-c3nc4ccccc4o3)cc2)cc1Sc1ccccc1. The molecule has 7 rings (SSSR count). The fourth-order valence-corrected chi connectivity index (χ4v) is 6.12. The largest absolute Gasteiger partial charge is 0.487 e. The number of ether oxygens (including phenoxy) is 1. The van der Waals surface area contributed by atoms with Crippen LogP contribution in [-0.4, -0.2) is 4.98 Å². The van der Waals surface area contributed by atoms with E-state index in [4.69, 9.17) is 14.9 Å². The number of aromatic nitrogens is 1. The van der Waals surface area contributed by atoms with E-state index in [1.54, 1.807) is 11.8 Å². The minimum absolute atomic E-state index is 0.427. The maximum absolute atomic E-state index is 6.07. The number of fused-ring (bicyclic) bond motifs is 1. The van der Waals surface area contributed by atoms with Crippen molar-refractivity contribution in [1.82, 2.24) is 4.98 Å². The van der Waals surface area contributed by atoms with Crippen LogP contribution in [0.4, 0.5) is 22.7 Å². The second kappa shape index (κ2) is 12.6. The number of hydrogen-bond acceptors (Lipinski definition) is 6. The second-order valence-corrected chi connectivity index (χ2v) is 11.8. The Bertz CT molecular complexity index is 2020. The van der Waals surface area contributed by atoms with E-state index in [9.17, 15) is 0 Å². The quantitative estimate of drug-likeness (QED) is 0.165. The molecule has 2 N–H and O–H groups in total. The molecule has 5 nitrogen and oxygen atoms in total. The van der Waals surface area contributed by atoms with Crippen LogP contribution in [0, 0.1) is 6.92 Å². The molecule has 7 aromatic rings. The highest BCUT2D eigenvalue weighted by Gasteiger charge is 2.16. The van der Waals surface area contributed by atoms with Gasteiger partial charge in [0.1, 0.15) is 17.9 Å². The molecule has 1 aromatic heterocycles. The van der Waals surface area contributed by atoms with E-state index in [2.05, 4.69) is 108 Å². The third-order valence-corrected chi connectivity index (χ3v) is 8.74. The van der Waals surface area contributed by atoms with Crippen LogP contribution < -0.4 is 15.4 Å². The number of anilines is 4. The minimum Gasteiger partial charge on any atom is -0.487 e. The lowest BCUT2D eigenvalue weighted by molar-refractivity contribution is 0.308. The first-order valence-corrected chi connectivity index (χ1v) is 15.6. The highest BCUT2D eigenvalue weighted by Crippen LogP contribution is 2.40. The Morgan fingerprint density at radius 2 is 1.38 bits per heavy atom. The molecule has 45 heavy (non-hydrogen) atoms. The summed E-state index contributed by atoms with van der Waals surface area (Å²) >= 11 is 1.77. The van der Waals surface area contributed by atoms with Gasteiger partial charge in [0.25, 0.3) is 0 Å². The highest BCUT2D eigenvalue weighted by atomic mass is 32.2. The summed E-state index contributed by atoms with van der Waals surface area (Å²) in [5, 5.41) is 0. The van der Waals surface area contributed by atoms with Gasteiger partial charge in [0.15, 0.2) is 5.58 Å². The number of nitrogen functional groups attached to an aromatic ring is 1. The Balaban J connectivity index is 1.22. The normalized spacial score (nSPS) is 11.0. The van der Waals surface area contributed by atoms with Crippen molar-refractivity contribution in [3.8, 4) is 17.2 Å². The van der Waals surface area contributed by atoms with E-state index >= 15 is 0 Å². The fraction of sp³-hybridized carbons (Fsp3) is 0.0513. The van der Waals surface area contributed by atoms with Gasteiger partial charge in [-0.3, -0.25) is 0 Å². The summed E-state index contributed by atoms with van der Waals surface area (Å²) in [6, 6.07) is 49.3. The summed E-state index contributed by atoms with van der Waals surface area (Å²) in [7, 11) is 0. The second-order valence-electron chi connectivity index (χ2n) is 10.7. The molecule has 0 aliphatic rings. The molecule has 0 saturated heterocycles. The van der Waals surface area contributed by atoms with Gasteiger partial charge in [-0.1, -0.05) is 72.4 Å². The van der Waals surface area contributed by atoms with Crippen LogP contribution >= 0.6 is 11.8 Å². The zero-order valence-electron chi connectivity index (χ0n) is 24.8. The van der Waals surface area contributed by atoms with Crippen molar-refractivity contribution in [3.05, 3.63) is 157 Å². The molecule has 0 spiro atoms. The molecule has 0 atom stereocenters. The van der Waals surface area contributed by atoms with Crippen LogP contribution in [0.25, 0.3) is 22.6 Å². The Hall–Kier alpha value is -5.46. The lowest BCUT2D eigenvalue weighted by atomic mass is 10.1.